The lowest BCUT2D eigenvalue weighted by Crippen LogP contribution is -2.17. The fraction of sp³-hybridized carbons (Fsp3) is 0. The molecular weight excluding hydrogens is 359 g/mol. The van der Waals surface area contributed by atoms with Crippen molar-refractivity contribution in [2.45, 2.75) is 0 Å². The fourth-order valence-corrected chi connectivity index (χ4v) is 2.83. The lowest BCUT2D eigenvalue weighted by molar-refractivity contribution is 0.101. The Balaban J connectivity index is 1.60. The normalized spacial score (nSPS) is 10.7. The third-order valence-corrected chi connectivity index (χ3v) is 4.02. The Morgan fingerprint density at radius 2 is 2.08 bits per heavy atom. The molecule has 0 aliphatic heterocycles. The number of anilines is 1. The maximum Gasteiger partial charge on any atom is 0.277 e. The van der Waals surface area contributed by atoms with Gasteiger partial charge in [-0.15, -0.1) is 5.10 Å². The first-order valence-corrected chi connectivity index (χ1v) is 8.10. The molecule has 0 aliphatic rings. The SMILES string of the molecule is O=C(Nc1nc(-c2ccccn2)c(F)s1)c1cnnn1-c1cnccn1. The molecule has 128 valence electrons. The number of nitrogens with zero attached hydrogens (tertiary/aromatic N) is 7. The maximum atomic E-state index is 14.1. The molecule has 4 aromatic rings. The molecular formula is C15H9FN8OS. The molecule has 0 saturated carbocycles. The zero-order chi connectivity index (χ0) is 17.9. The molecule has 9 nitrogen and oxygen atoms in total. The van der Waals surface area contributed by atoms with Crippen molar-refractivity contribution in [2.75, 3.05) is 5.32 Å². The molecule has 0 radical (unpaired) electrons. The zero-order valence-electron chi connectivity index (χ0n) is 12.9. The van der Waals surface area contributed by atoms with E-state index in [-0.39, 0.29) is 16.5 Å². The molecule has 4 heterocycles. The highest BCUT2D eigenvalue weighted by molar-refractivity contribution is 7.14. The van der Waals surface area contributed by atoms with Gasteiger partial charge >= 0.3 is 0 Å². The molecule has 0 aliphatic carbocycles. The Morgan fingerprint density at radius 1 is 1.15 bits per heavy atom. The van der Waals surface area contributed by atoms with E-state index in [9.17, 15) is 9.18 Å². The summed E-state index contributed by atoms with van der Waals surface area (Å²) in [7, 11) is 0. The molecule has 4 rings (SSSR count). The van der Waals surface area contributed by atoms with Crippen LogP contribution in [-0.2, 0) is 0 Å². The number of carbonyl (C=O) groups excluding carboxylic acids is 1. The summed E-state index contributed by atoms with van der Waals surface area (Å²) in [4.78, 5) is 28.6. The van der Waals surface area contributed by atoms with Gasteiger partial charge in [0.2, 0.25) is 5.13 Å². The number of hydrogen-bond acceptors (Lipinski definition) is 8. The van der Waals surface area contributed by atoms with Gasteiger partial charge in [0.15, 0.2) is 16.6 Å². The summed E-state index contributed by atoms with van der Waals surface area (Å²) in [5.74, 6) is -0.225. The van der Waals surface area contributed by atoms with Gasteiger partial charge in [0, 0.05) is 18.6 Å². The molecule has 0 fully saturated rings. The molecule has 0 aromatic carbocycles. The van der Waals surface area contributed by atoms with Gasteiger partial charge in [-0.3, -0.25) is 20.1 Å². The van der Waals surface area contributed by atoms with Crippen molar-refractivity contribution in [1.82, 2.24) is 34.9 Å². The molecule has 11 heteroatoms. The lowest BCUT2D eigenvalue weighted by atomic mass is 10.3. The van der Waals surface area contributed by atoms with E-state index in [1.54, 1.807) is 18.2 Å². The monoisotopic (exact) mass is 368 g/mol. The number of halogens is 1. The van der Waals surface area contributed by atoms with Crippen molar-refractivity contribution in [3.05, 3.63) is 60.0 Å². The molecule has 0 saturated heterocycles. The largest absolute Gasteiger partial charge is 0.296 e. The minimum atomic E-state index is -0.554. The number of aromatic nitrogens is 7. The van der Waals surface area contributed by atoms with E-state index in [0.29, 0.717) is 22.8 Å². The van der Waals surface area contributed by atoms with E-state index in [1.807, 2.05) is 0 Å². The summed E-state index contributed by atoms with van der Waals surface area (Å²) < 4.78 is 15.4. The Bertz CT molecular complexity index is 1050. The fourth-order valence-electron chi connectivity index (χ4n) is 2.14. The molecule has 4 aromatic heterocycles. The molecule has 0 atom stereocenters. The highest BCUT2D eigenvalue weighted by Gasteiger charge is 2.19. The van der Waals surface area contributed by atoms with Crippen LogP contribution in [0.25, 0.3) is 17.2 Å². The van der Waals surface area contributed by atoms with Gasteiger partial charge < -0.3 is 0 Å². The van der Waals surface area contributed by atoms with Crippen molar-refractivity contribution in [1.29, 1.82) is 0 Å². The third kappa shape index (κ3) is 3.02. The summed E-state index contributed by atoms with van der Waals surface area (Å²) in [5.41, 5.74) is 0.569. The molecule has 1 N–H and O–H groups in total. The summed E-state index contributed by atoms with van der Waals surface area (Å²) in [5, 5.41) is 9.63. The number of pyridine rings is 1. The van der Waals surface area contributed by atoms with Gasteiger partial charge in [0.25, 0.3) is 5.91 Å². The zero-order valence-corrected chi connectivity index (χ0v) is 13.8. The average molecular weight is 368 g/mol. The van der Waals surface area contributed by atoms with Crippen LogP contribution in [0.5, 0.6) is 0 Å². The molecule has 0 bridgehead atoms. The quantitative estimate of drug-likeness (QED) is 0.586. The van der Waals surface area contributed by atoms with E-state index in [0.717, 1.165) is 0 Å². The van der Waals surface area contributed by atoms with E-state index in [1.165, 1.54) is 35.7 Å². The van der Waals surface area contributed by atoms with E-state index >= 15 is 0 Å². The van der Waals surface area contributed by atoms with Crippen LogP contribution < -0.4 is 5.32 Å². The Hall–Kier alpha value is -3.60. The van der Waals surface area contributed by atoms with Crippen molar-refractivity contribution in [2.24, 2.45) is 0 Å². The third-order valence-electron chi connectivity index (χ3n) is 3.26. The van der Waals surface area contributed by atoms with Crippen molar-refractivity contribution < 1.29 is 9.18 Å². The summed E-state index contributed by atoms with van der Waals surface area (Å²) >= 11 is 0.709. The van der Waals surface area contributed by atoms with Gasteiger partial charge in [0.05, 0.1) is 18.1 Å². The van der Waals surface area contributed by atoms with Crippen LogP contribution in [0.3, 0.4) is 0 Å². The predicted octanol–water partition coefficient (Wildman–Crippen LogP) is 1.97. The minimum Gasteiger partial charge on any atom is -0.296 e. The van der Waals surface area contributed by atoms with Crippen LogP contribution in [-0.4, -0.2) is 40.8 Å². The second-order valence-electron chi connectivity index (χ2n) is 4.91. The Labute approximate surface area is 149 Å². The van der Waals surface area contributed by atoms with Gasteiger partial charge in [0.1, 0.15) is 5.69 Å². The summed E-state index contributed by atoms with van der Waals surface area (Å²) in [6.45, 7) is 0. The maximum absolute atomic E-state index is 14.1. The second kappa shape index (κ2) is 6.72. The molecule has 0 unspecified atom stereocenters. The first-order chi connectivity index (χ1) is 12.7. The summed E-state index contributed by atoms with van der Waals surface area (Å²) in [6.07, 6.45) is 7.21. The first-order valence-electron chi connectivity index (χ1n) is 7.28. The highest BCUT2D eigenvalue weighted by atomic mass is 32.1. The van der Waals surface area contributed by atoms with Crippen LogP contribution in [0.4, 0.5) is 9.52 Å². The van der Waals surface area contributed by atoms with Crippen molar-refractivity contribution in [3.63, 3.8) is 0 Å². The minimum absolute atomic E-state index is 0.0754. The standard InChI is InChI=1S/C15H9FN8OS/c16-13-12(9-3-1-2-4-18-9)21-15(26-13)22-14(25)10-7-20-23-24(10)11-8-17-5-6-19-11/h1-8H,(H,21,22,25). The summed E-state index contributed by atoms with van der Waals surface area (Å²) in [6, 6.07) is 5.08. The van der Waals surface area contributed by atoms with Gasteiger partial charge in [-0.25, -0.2) is 9.97 Å². The molecule has 26 heavy (non-hydrogen) atoms. The van der Waals surface area contributed by atoms with Crippen LogP contribution in [0.1, 0.15) is 10.5 Å². The van der Waals surface area contributed by atoms with Crippen molar-refractivity contribution >= 4 is 22.4 Å². The number of nitrogens with one attached hydrogen (secondary N) is 1. The topological polar surface area (TPSA) is 111 Å². The van der Waals surface area contributed by atoms with Gasteiger partial charge in [-0.05, 0) is 12.1 Å². The molecule has 0 spiro atoms. The predicted molar refractivity (Wildman–Crippen MR) is 90.2 cm³/mol. The molecule has 1 amide bonds. The Kier molecular flexibility index (Phi) is 4.11. The van der Waals surface area contributed by atoms with Crippen LogP contribution in [0.2, 0.25) is 0 Å². The first kappa shape index (κ1) is 15.9. The number of rotatable bonds is 4. The van der Waals surface area contributed by atoms with Crippen molar-refractivity contribution in [3.8, 4) is 17.2 Å². The van der Waals surface area contributed by atoms with Crippen LogP contribution in [0, 0.1) is 5.13 Å². The smallest absolute Gasteiger partial charge is 0.277 e. The number of carbonyl (C=O) groups is 1. The number of hydrogen-bond donors (Lipinski definition) is 1. The lowest BCUT2D eigenvalue weighted by Gasteiger charge is -2.03. The van der Waals surface area contributed by atoms with E-state index < -0.39 is 11.0 Å². The van der Waals surface area contributed by atoms with Crippen LogP contribution in [0.15, 0.2) is 49.2 Å². The van der Waals surface area contributed by atoms with E-state index in [2.05, 4.69) is 35.6 Å². The van der Waals surface area contributed by atoms with E-state index in [4.69, 9.17) is 0 Å². The van der Waals surface area contributed by atoms with Gasteiger partial charge in [-0.2, -0.15) is 9.07 Å². The number of amides is 1. The highest BCUT2D eigenvalue weighted by Crippen LogP contribution is 2.28. The Morgan fingerprint density at radius 3 is 2.85 bits per heavy atom. The number of thiazole rings is 1. The van der Waals surface area contributed by atoms with Gasteiger partial charge in [-0.1, -0.05) is 22.6 Å². The second-order valence-corrected chi connectivity index (χ2v) is 5.85. The van der Waals surface area contributed by atoms with Crippen LogP contribution >= 0.6 is 11.3 Å². The average Bonchev–Trinajstić information content (AvgIpc) is 3.30.